The molecule has 1 heterocycles. The van der Waals surface area contributed by atoms with Gasteiger partial charge in [-0.3, -0.25) is 14.5 Å². The van der Waals surface area contributed by atoms with Gasteiger partial charge in [0.25, 0.3) is 5.91 Å². The van der Waals surface area contributed by atoms with Crippen LogP contribution in [0, 0.1) is 13.8 Å². The van der Waals surface area contributed by atoms with Gasteiger partial charge < -0.3 is 5.11 Å². The lowest BCUT2D eigenvalue weighted by Crippen LogP contribution is -2.35. The van der Waals surface area contributed by atoms with Crippen LogP contribution in [0.15, 0.2) is 30.3 Å². The van der Waals surface area contributed by atoms with Gasteiger partial charge in [-0.25, -0.2) is 0 Å². The SMILES string of the molecule is Cc1cc(C(=O)N(CC(=O)O)c2cccc(Cl)c2)sc1C. The van der Waals surface area contributed by atoms with E-state index in [0.29, 0.717) is 15.6 Å². The van der Waals surface area contributed by atoms with Gasteiger partial charge >= 0.3 is 5.97 Å². The van der Waals surface area contributed by atoms with E-state index in [0.717, 1.165) is 10.4 Å². The van der Waals surface area contributed by atoms with Crippen molar-refractivity contribution >= 4 is 40.5 Å². The number of thiophene rings is 1. The molecule has 0 aliphatic heterocycles. The zero-order valence-corrected chi connectivity index (χ0v) is 13.2. The van der Waals surface area contributed by atoms with Crippen molar-refractivity contribution in [3.8, 4) is 0 Å². The maximum Gasteiger partial charge on any atom is 0.323 e. The topological polar surface area (TPSA) is 57.6 Å². The first-order chi connectivity index (χ1) is 9.88. The van der Waals surface area contributed by atoms with Crippen molar-refractivity contribution in [2.45, 2.75) is 13.8 Å². The molecule has 2 rings (SSSR count). The van der Waals surface area contributed by atoms with E-state index in [1.165, 1.54) is 16.2 Å². The molecule has 0 aliphatic rings. The predicted molar refractivity (Wildman–Crippen MR) is 84.6 cm³/mol. The van der Waals surface area contributed by atoms with Crippen LogP contribution in [0.2, 0.25) is 5.02 Å². The highest BCUT2D eigenvalue weighted by molar-refractivity contribution is 7.14. The van der Waals surface area contributed by atoms with Crippen molar-refractivity contribution < 1.29 is 14.7 Å². The molecule has 0 saturated heterocycles. The number of amides is 1. The maximum absolute atomic E-state index is 12.6. The Labute approximate surface area is 131 Å². The van der Waals surface area contributed by atoms with Crippen LogP contribution in [0.3, 0.4) is 0 Å². The zero-order valence-electron chi connectivity index (χ0n) is 11.6. The highest BCUT2D eigenvalue weighted by Gasteiger charge is 2.22. The average Bonchev–Trinajstić information content (AvgIpc) is 2.75. The first-order valence-electron chi connectivity index (χ1n) is 6.24. The quantitative estimate of drug-likeness (QED) is 0.932. The van der Waals surface area contributed by atoms with Gasteiger partial charge in [0.15, 0.2) is 0 Å². The van der Waals surface area contributed by atoms with Crippen LogP contribution >= 0.6 is 22.9 Å². The summed E-state index contributed by atoms with van der Waals surface area (Å²) >= 11 is 7.28. The molecular formula is C15H14ClNO3S. The minimum absolute atomic E-state index is 0.333. The summed E-state index contributed by atoms with van der Waals surface area (Å²) in [5, 5.41) is 9.50. The Hall–Kier alpha value is -1.85. The van der Waals surface area contributed by atoms with Gasteiger partial charge in [0, 0.05) is 15.6 Å². The molecule has 0 unspecified atom stereocenters. The monoisotopic (exact) mass is 323 g/mol. The fraction of sp³-hybridized carbons (Fsp3) is 0.200. The predicted octanol–water partition coefficient (Wildman–Crippen LogP) is 3.75. The lowest BCUT2D eigenvalue weighted by molar-refractivity contribution is -0.135. The lowest BCUT2D eigenvalue weighted by Gasteiger charge is -2.20. The van der Waals surface area contributed by atoms with E-state index in [1.54, 1.807) is 30.3 Å². The Morgan fingerprint density at radius 2 is 2.00 bits per heavy atom. The Kier molecular flexibility index (Phi) is 4.65. The van der Waals surface area contributed by atoms with E-state index in [2.05, 4.69) is 0 Å². The number of anilines is 1. The number of benzene rings is 1. The summed E-state index contributed by atoms with van der Waals surface area (Å²) in [5.74, 6) is -1.41. The summed E-state index contributed by atoms with van der Waals surface area (Å²) in [4.78, 5) is 26.4. The van der Waals surface area contributed by atoms with E-state index in [4.69, 9.17) is 16.7 Å². The van der Waals surface area contributed by atoms with E-state index in [9.17, 15) is 9.59 Å². The molecule has 0 atom stereocenters. The van der Waals surface area contributed by atoms with E-state index >= 15 is 0 Å². The van der Waals surface area contributed by atoms with Gasteiger partial charge in [0.05, 0.1) is 4.88 Å². The number of aryl methyl sites for hydroxylation is 2. The summed E-state index contributed by atoms with van der Waals surface area (Å²) in [6.45, 7) is 3.44. The van der Waals surface area contributed by atoms with Crippen molar-refractivity contribution in [2.75, 3.05) is 11.4 Å². The molecule has 1 amide bonds. The first kappa shape index (κ1) is 15.5. The molecule has 0 aliphatic carbocycles. The molecule has 4 nitrogen and oxygen atoms in total. The Bertz CT molecular complexity index is 676. The van der Waals surface area contributed by atoms with Gasteiger partial charge in [0.1, 0.15) is 6.54 Å². The summed E-state index contributed by atoms with van der Waals surface area (Å²) in [7, 11) is 0. The van der Waals surface area contributed by atoms with Crippen molar-refractivity contribution in [1.29, 1.82) is 0 Å². The number of halogens is 1. The van der Waals surface area contributed by atoms with Crippen LogP contribution in [0.1, 0.15) is 20.1 Å². The molecule has 6 heteroatoms. The summed E-state index contributed by atoms with van der Waals surface area (Å²) in [6, 6.07) is 8.39. The van der Waals surface area contributed by atoms with Crippen molar-refractivity contribution in [1.82, 2.24) is 0 Å². The summed E-state index contributed by atoms with van der Waals surface area (Å²) in [5.41, 5.74) is 1.49. The van der Waals surface area contributed by atoms with Crippen molar-refractivity contribution in [3.05, 3.63) is 50.7 Å². The van der Waals surface area contributed by atoms with Crippen LogP contribution in [0.5, 0.6) is 0 Å². The summed E-state index contributed by atoms with van der Waals surface area (Å²) < 4.78 is 0. The lowest BCUT2D eigenvalue weighted by atomic mass is 10.2. The Morgan fingerprint density at radius 1 is 1.29 bits per heavy atom. The minimum atomic E-state index is -1.08. The van der Waals surface area contributed by atoms with Gasteiger partial charge in [0.2, 0.25) is 0 Å². The molecule has 21 heavy (non-hydrogen) atoms. The van der Waals surface area contributed by atoms with Crippen LogP contribution in [0.4, 0.5) is 5.69 Å². The number of carbonyl (C=O) groups is 2. The third-order valence-corrected chi connectivity index (χ3v) is 4.41. The van der Waals surface area contributed by atoms with Crippen molar-refractivity contribution in [3.63, 3.8) is 0 Å². The molecule has 2 aromatic rings. The Balaban J connectivity index is 2.40. The number of aliphatic carboxylic acids is 1. The van der Waals surface area contributed by atoms with Gasteiger partial charge in [-0.1, -0.05) is 17.7 Å². The van der Waals surface area contributed by atoms with Crippen LogP contribution in [0.25, 0.3) is 0 Å². The summed E-state index contributed by atoms with van der Waals surface area (Å²) in [6.07, 6.45) is 0. The maximum atomic E-state index is 12.6. The minimum Gasteiger partial charge on any atom is -0.480 e. The smallest absolute Gasteiger partial charge is 0.323 e. The first-order valence-corrected chi connectivity index (χ1v) is 7.44. The molecule has 1 aromatic heterocycles. The normalized spacial score (nSPS) is 10.4. The number of carboxylic acids is 1. The largest absolute Gasteiger partial charge is 0.480 e. The second-order valence-corrected chi connectivity index (χ2v) is 6.31. The van der Waals surface area contributed by atoms with Crippen molar-refractivity contribution in [2.24, 2.45) is 0 Å². The molecule has 0 radical (unpaired) electrons. The van der Waals surface area contributed by atoms with Gasteiger partial charge in [-0.15, -0.1) is 11.3 Å². The second kappa shape index (κ2) is 6.28. The van der Waals surface area contributed by atoms with E-state index < -0.39 is 12.5 Å². The van der Waals surface area contributed by atoms with E-state index in [-0.39, 0.29) is 5.91 Å². The fourth-order valence-corrected chi connectivity index (χ4v) is 3.04. The number of nitrogens with zero attached hydrogens (tertiary/aromatic N) is 1. The average molecular weight is 324 g/mol. The number of carbonyl (C=O) groups excluding carboxylic acids is 1. The third-order valence-electron chi connectivity index (χ3n) is 3.04. The zero-order chi connectivity index (χ0) is 15.6. The molecule has 1 N–H and O–H groups in total. The standard InChI is InChI=1S/C15H14ClNO3S/c1-9-6-13(21-10(9)2)15(20)17(8-14(18)19)12-5-3-4-11(16)7-12/h3-7H,8H2,1-2H3,(H,18,19). The Morgan fingerprint density at radius 3 is 2.52 bits per heavy atom. The van der Waals surface area contributed by atoms with Gasteiger partial charge in [-0.05, 0) is 43.7 Å². The number of hydrogen-bond acceptors (Lipinski definition) is 3. The van der Waals surface area contributed by atoms with Crippen LogP contribution in [-0.4, -0.2) is 23.5 Å². The highest BCUT2D eigenvalue weighted by atomic mass is 35.5. The molecule has 0 spiro atoms. The molecule has 0 fully saturated rings. The molecule has 1 aromatic carbocycles. The second-order valence-electron chi connectivity index (χ2n) is 4.61. The molecule has 0 saturated carbocycles. The number of carboxylic acid groups (broad SMARTS) is 1. The highest BCUT2D eigenvalue weighted by Crippen LogP contribution is 2.26. The molecule has 0 bridgehead atoms. The van der Waals surface area contributed by atoms with Crippen LogP contribution in [-0.2, 0) is 4.79 Å². The van der Waals surface area contributed by atoms with Crippen LogP contribution < -0.4 is 4.90 Å². The molecule has 110 valence electrons. The number of hydrogen-bond donors (Lipinski definition) is 1. The third kappa shape index (κ3) is 3.62. The van der Waals surface area contributed by atoms with Gasteiger partial charge in [-0.2, -0.15) is 0 Å². The molecular weight excluding hydrogens is 310 g/mol. The van der Waals surface area contributed by atoms with E-state index in [1.807, 2.05) is 13.8 Å². The number of rotatable bonds is 4. The fourth-order valence-electron chi connectivity index (χ4n) is 1.87.